The summed E-state index contributed by atoms with van der Waals surface area (Å²) in [5.74, 6) is -1.68. The number of aromatic nitrogens is 1. The Labute approximate surface area is 166 Å². The van der Waals surface area contributed by atoms with Gasteiger partial charge in [0, 0.05) is 5.39 Å². The van der Waals surface area contributed by atoms with Crippen molar-refractivity contribution in [1.82, 2.24) is 4.98 Å². The fraction of sp³-hybridized carbons (Fsp3) is 0.190. The van der Waals surface area contributed by atoms with E-state index >= 15 is 0 Å². The number of nitrogens with zero attached hydrogens (tertiary/aromatic N) is 1. The van der Waals surface area contributed by atoms with E-state index in [2.05, 4.69) is 10.3 Å². The van der Waals surface area contributed by atoms with E-state index in [1.165, 1.54) is 36.9 Å². The number of ether oxygens (including phenoxy) is 1. The zero-order valence-electron chi connectivity index (χ0n) is 15.4. The molecule has 1 amide bonds. The molecule has 1 N–H and O–H groups in total. The summed E-state index contributed by atoms with van der Waals surface area (Å²) in [6.07, 6.45) is -1.04. The highest BCUT2D eigenvalue weighted by atomic mass is 32.2. The second kappa shape index (κ2) is 8.84. The van der Waals surface area contributed by atoms with Gasteiger partial charge in [-0.05, 0) is 43.7 Å². The number of halogens is 1. The van der Waals surface area contributed by atoms with E-state index in [0.29, 0.717) is 5.03 Å². The number of para-hydroxylation sites is 2. The van der Waals surface area contributed by atoms with E-state index in [1.54, 1.807) is 6.07 Å². The Balaban J connectivity index is 1.55. The fourth-order valence-electron chi connectivity index (χ4n) is 2.61. The Morgan fingerprint density at radius 1 is 1.18 bits per heavy atom. The van der Waals surface area contributed by atoms with E-state index in [4.69, 9.17) is 4.74 Å². The van der Waals surface area contributed by atoms with Crippen molar-refractivity contribution in [3.8, 4) is 0 Å². The van der Waals surface area contributed by atoms with Crippen LogP contribution in [0.25, 0.3) is 10.9 Å². The number of esters is 1. The Hall–Kier alpha value is -2.93. The number of carbonyl (C=O) groups is 2. The van der Waals surface area contributed by atoms with Crippen LogP contribution < -0.4 is 5.32 Å². The number of hydrogen-bond donors (Lipinski definition) is 1. The predicted octanol–water partition coefficient (Wildman–Crippen LogP) is 4.34. The van der Waals surface area contributed by atoms with Crippen molar-refractivity contribution < 1.29 is 18.7 Å². The van der Waals surface area contributed by atoms with Crippen molar-refractivity contribution >= 4 is 40.2 Å². The highest BCUT2D eigenvalue weighted by Crippen LogP contribution is 2.23. The average Bonchev–Trinajstić information content (AvgIpc) is 2.68. The predicted molar refractivity (Wildman–Crippen MR) is 108 cm³/mol. The van der Waals surface area contributed by atoms with Gasteiger partial charge >= 0.3 is 5.97 Å². The molecule has 1 heterocycles. The van der Waals surface area contributed by atoms with Crippen molar-refractivity contribution in [2.45, 2.75) is 25.0 Å². The van der Waals surface area contributed by atoms with E-state index in [0.717, 1.165) is 16.5 Å². The third-order valence-corrected chi connectivity index (χ3v) is 4.93. The van der Waals surface area contributed by atoms with Crippen LogP contribution in [0, 0.1) is 12.7 Å². The highest BCUT2D eigenvalue weighted by molar-refractivity contribution is 7.99. The van der Waals surface area contributed by atoms with Crippen LogP contribution in [0.15, 0.2) is 59.6 Å². The maximum Gasteiger partial charge on any atom is 0.317 e. The minimum Gasteiger partial charge on any atom is -0.452 e. The first-order valence-electron chi connectivity index (χ1n) is 8.68. The van der Waals surface area contributed by atoms with Gasteiger partial charge in [-0.15, -0.1) is 0 Å². The molecule has 0 bridgehead atoms. The normalized spacial score (nSPS) is 11.8. The number of thioether (sulfide) groups is 1. The molecule has 0 radical (unpaired) electrons. The number of aryl methyl sites for hydroxylation is 1. The number of hydrogen-bond acceptors (Lipinski definition) is 5. The fourth-order valence-corrected chi connectivity index (χ4v) is 3.36. The molecule has 0 spiro atoms. The van der Waals surface area contributed by atoms with Crippen LogP contribution in [-0.4, -0.2) is 28.7 Å². The zero-order chi connectivity index (χ0) is 20.1. The average molecular weight is 398 g/mol. The van der Waals surface area contributed by atoms with Gasteiger partial charge in [0.1, 0.15) is 5.82 Å². The van der Waals surface area contributed by atoms with Gasteiger partial charge in [-0.2, -0.15) is 0 Å². The smallest absolute Gasteiger partial charge is 0.317 e. The van der Waals surface area contributed by atoms with Crippen LogP contribution in [-0.2, 0) is 14.3 Å². The Morgan fingerprint density at radius 2 is 1.89 bits per heavy atom. The molecule has 0 aliphatic rings. The molecule has 0 unspecified atom stereocenters. The Morgan fingerprint density at radius 3 is 2.68 bits per heavy atom. The Bertz CT molecular complexity index is 1030. The van der Waals surface area contributed by atoms with Crippen LogP contribution >= 0.6 is 11.8 Å². The second-order valence-electron chi connectivity index (χ2n) is 6.18. The lowest BCUT2D eigenvalue weighted by Gasteiger charge is -2.14. The lowest BCUT2D eigenvalue weighted by molar-refractivity contribution is -0.150. The third-order valence-electron chi connectivity index (χ3n) is 4.05. The lowest BCUT2D eigenvalue weighted by atomic mass is 10.1. The van der Waals surface area contributed by atoms with E-state index in [1.807, 2.05) is 37.3 Å². The van der Waals surface area contributed by atoms with Crippen molar-refractivity contribution in [1.29, 1.82) is 0 Å². The first-order valence-corrected chi connectivity index (χ1v) is 9.66. The molecule has 1 aromatic heterocycles. The number of benzene rings is 2. The van der Waals surface area contributed by atoms with Crippen molar-refractivity contribution in [3.63, 3.8) is 0 Å². The summed E-state index contributed by atoms with van der Waals surface area (Å²) in [5.41, 5.74) is 1.97. The summed E-state index contributed by atoms with van der Waals surface area (Å²) < 4.78 is 18.7. The zero-order valence-corrected chi connectivity index (χ0v) is 16.3. The van der Waals surface area contributed by atoms with Crippen LogP contribution in [0.5, 0.6) is 0 Å². The molecule has 2 aromatic carbocycles. The molecule has 7 heteroatoms. The molecule has 0 aliphatic heterocycles. The van der Waals surface area contributed by atoms with Crippen molar-refractivity contribution in [2.75, 3.05) is 11.1 Å². The number of pyridine rings is 1. The molecular formula is C21H19FN2O3S. The first kappa shape index (κ1) is 19.8. The molecule has 144 valence electrons. The van der Waals surface area contributed by atoms with E-state index < -0.39 is 23.8 Å². The number of nitrogens with one attached hydrogen (secondary N) is 1. The van der Waals surface area contributed by atoms with Crippen molar-refractivity contribution in [3.05, 3.63) is 66.0 Å². The topological polar surface area (TPSA) is 68.3 Å². The lowest BCUT2D eigenvalue weighted by Crippen LogP contribution is -2.30. The molecule has 1 atom stereocenters. The van der Waals surface area contributed by atoms with Crippen molar-refractivity contribution in [2.24, 2.45) is 0 Å². The molecule has 0 saturated carbocycles. The third kappa shape index (κ3) is 4.86. The molecule has 28 heavy (non-hydrogen) atoms. The molecular weight excluding hydrogens is 379 g/mol. The Kier molecular flexibility index (Phi) is 6.26. The second-order valence-corrected chi connectivity index (χ2v) is 7.18. The summed E-state index contributed by atoms with van der Waals surface area (Å²) in [7, 11) is 0. The van der Waals surface area contributed by atoms with Crippen LogP contribution in [0.4, 0.5) is 10.1 Å². The summed E-state index contributed by atoms with van der Waals surface area (Å²) in [4.78, 5) is 28.7. The molecule has 0 aliphatic carbocycles. The summed E-state index contributed by atoms with van der Waals surface area (Å²) in [6.45, 7) is 3.43. The van der Waals surface area contributed by atoms with Crippen LogP contribution in [0.2, 0.25) is 0 Å². The maximum absolute atomic E-state index is 13.6. The van der Waals surface area contributed by atoms with Gasteiger partial charge in [-0.1, -0.05) is 42.1 Å². The SMILES string of the molecule is Cc1cc(SCC(=O)O[C@H](C)C(=O)Nc2ccccc2F)nc2ccccc12. The monoisotopic (exact) mass is 398 g/mol. The summed E-state index contributed by atoms with van der Waals surface area (Å²) in [6, 6.07) is 15.5. The molecule has 5 nitrogen and oxygen atoms in total. The van der Waals surface area contributed by atoms with E-state index in [9.17, 15) is 14.0 Å². The summed E-state index contributed by atoms with van der Waals surface area (Å²) >= 11 is 1.24. The number of amides is 1. The minimum absolute atomic E-state index is 0.0160. The van der Waals surface area contributed by atoms with Gasteiger partial charge in [0.2, 0.25) is 0 Å². The molecule has 3 rings (SSSR count). The van der Waals surface area contributed by atoms with Gasteiger partial charge < -0.3 is 10.1 Å². The van der Waals surface area contributed by atoms with Gasteiger partial charge in [-0.3, -0.25) is 9.59 Å². The number of rotatable bonds is 6. The largest absolute Gasteiger partial charge is 0.452 e. The quantitative estimate of drug-likeness (QED) is 0.494. The van der Waals surface area contributed by atoms with Gasteiger partial charge in [0.25, 0.3) is 5.91 Å². The van der Waals surface area contributed by atoms with Crippen LogP contribution in [0.1, 0.15) is 12.5 Å². The highest BCUT2D eigenvalue weighted by Gasteiger charge is 2.19. The molecule has 0 saturated heterocycles. The number of carbonyl (C=O) groups excluding carboxylic acids is 2. The van der Waals surface area contributed by atoms with Gasteiger partial charge in [0.15, 0.2) is 6.10 Å². The standard InChI is InChI=1S/C21H19FN2O3S/c1-13-11-19(23-17-9-5-3-7-15(13)17)28-12-20(25)27-14(2)21(26)24-18-10-6-4-8-16(18)22/h3-11,14H,12H2,1-2H3,(H,24,26)/t14-/m1/s1. The van der Waals surface area contributed by atoms with Crippen LogP contribution in [0.3, 0.4) is 0 Å². The van der Waals surface area contributed by atoms with Gasteiger partial charge in [0.05, 0.1) is 22.0 Å². The number of anilines is 1. The minimum atomic E-state index is -1.04. The summed E-state index contributed by atoms with van der Waals surface area (Å²) in [5, 5.41) is 4.17. The van der Waals surface area contributed by atoms with Gasteiger partial charge in [-0.25, -0.2) is 9.37 Å². The van der Waals surface area contributed by atoms with E-state index in [-0.39, 0.29) is 11.4 Å². The number of fused-ring (bicyclic) bond motifs is 1. The maximum atomic E-state index is 13.6. The first-order chi connectivity index (χ1) is 13.4. The molecule has 3 aromatic rings. The molecule has 0 fully saturated rings.